The second-order valence-corrected chi connectivity index (χ2v) is 7.73. The van der Waals surface area contributed by atoms with Crippen molar-refractivity contribution in [2.75, 3.05) is 24.7 Å². The molecule has 0 aliphatic carbocycles. The summed E-state index contributed by atoms with van der Waals surface area (Å²) in [5.74, 6) is -0.376. The average Bonchev–Trinajstić information content (AvgIpc) is 3.16. The van der Waals surface area contributed by atoms with E-state index in [1.807, 2.05) is 36.4 Å². The lowest BCUT2D eigenvalue weighted by atomic mass is 10.1. The van der Waals surface area contributed by atoms with Crippen molar-refractivity contribution in [2.45, 2.75) is 32.9 Å². The molecule has 0 amide bonds. The fourth-order valence-corrected chi connectivity index (χ4v) is 4.09. The predicted octanol–water partition coefficient (Wildman–Crippen LogP) is 3.88. The Balaban J connectivity index is 1.76. The number of rotatable bonds is 8. The number of carbonyl (C=O) groups excluding carboxylic acids is 3. The topological polar surface area (TPSA) is 97.9 Å². The van der Waals surface area contributed by atoms with Gasteiger partial charge in [0, 0.05) is 17.4 Å². The molecule has 1 aromatic heterocycles. The van der Waals surface area contributed by atoms with Gasteiger partial charge in [0.05, 0.1) is 37.4 Å². The third kappa shape index (κ3) is 4.69. The summed E-state index contributed by atoms with van der Waals surface area (Å²) >= 11 is 0. The number of H-pyrrole nitrogens is 1. The molecule has 1 aliphatic rings. The molecule has 0 radical (unpaired) electrons. The van der Waals surface area contributed by atoms with Crippen LogP contribution in [-0.4, -0.2) is 49.1 Å². The zero-order valence-electron chi connectivity index (χ0n) is 18.6. The van der Waals surface area contributed by atoms with E-state index >= 15 is 0 Å². The van der Waals surface area contributed by atoms with Crippen LogP contribution in [0.3, 0.4) is 0 Å². The predicted molar refractivity (Wildman–Crippen MR) is 123 cm³/mol. The number of carbonyl (C=O) groups is 3. The highest BCUT2D eigenvalue weighted by molar-refractivity contribution is 6.09. The van der Waals surface area contributed by atoms with Crippen molar-refractivity contribution in [3.8, 4) is 5.75 Å². The van der Waals surface area contributed by atoms with Gasteiger partial charge < -0.3 is 24.1 Å². The van der Waals surface area contributed by atoms with Crippen molar-refractivity contribution in [2.24, 2.45) is 0 Å². The van der Waals surface area contributed by atoms with Crippen molar-refractivity contribution in [1.29, 1.82) is 0 Å². The molecule has 0 saturated heterocycles. The number of aldehydes is 1. The minimum atomic E-state index is -0.587. The van der Waals surface area contributed by atoms with Crippen LogP contribution in [0.2, 0.25) is 0 Å². The smallest absolute Gasteiger partial charge is 0.355 e. The molecule has 3 aromatic rings. The van der Waals surface area contributed by atoms with Crippen LogP contribution in [0.1, 0.15) is 46.7 Å². The fraction of sp³-hybridized carbons (Fsp3) is 0.320. The van der Waals surface area contributed by atoms with E-state index in [1.54, 1.807) is 19.9 Å². The fourth-order valence-electron chi connectivity index (χ4n) is 4.09. The highest BCUT2D eigenvalue weighted by atomic mass is 16.5. The molecule has 172 valence electrons. The normalized spacial score (nSPS) is 15.0. The number of fused-ring (bicyclic) bond motifs is 2. The number of hydrogen-bond donors (Lipinski definition) is 1. The zero-order valence-corrected chi connectivity index (χ0v) is 18.6. The van der Waals surface area contributed by atoms with E-state index in [1.165, 1.54) is 0 Å². The van der Waals surface area contributed by atoms with E-state index in [0.29, 0.717) is 42.6 Å². The molecule has 1 aliphatic heterocycles. The monoisotopic (exact) mass is 450 g/mol. The number of nitrogens with zero attached hydrogens (tertiary/aromatic N) is 1. The van der Waals surface area contributed by atoms with Gasteiger partial charge in [0.1, 0.15) is 17.5 Å². The molecule has 1 atom stereocenters. The van der Waals surface area contributed by atoms with Crippen molar-refractivity contribution in [3.05, 3.63) is 59.3 Å². The largest absolute Gasteiger partial charge is 0.486 e. The third-order valence-electron chi connectivity index (χ3n) is 5.49. The lowest BCUT2D eigenvalue weighted by molar-refractivity contribution is -0.144. The number of aromatic amines is 1. The molecular formula is C25H26N2O6. The van der Waals surface area contributed by atoms with Crippen LogP contribution in [0.4, 0.5) is 5.69 Å². The lowest BCUT2D eigenvalue weighted by Gasteiger charge is -2.36. The first kappa shape index (κ1) is 22.4. The summed E-state index contributed by atoms with van der Waals surface area (Å²) < 4.78 is 16.3. The summed E-state index contributed by atoms with van der Waals surface area (Å²) in [4.78, 5) is 41.5. The Bertz CT molecular complexity index is 1170. The van der Waals surface area contributed by atoms with Crippen LogP contribution >= 0.6 is 0 Å². The van der Waals surface area contributed by atoms with Crippen molar-refractivity contribution in [3.63, 3.8) is 0 Å². The van der Waals surface area contributed by atoms with Crippen LogP contribution < -0.4 is 9.64 Å². The van der Waals surface area contributed by atoms with Crippen LogP contribution in [0.15, 0.2) is 42.5 Å². The molecule has 0 spiro atoms. The van der Waals surface area contributed by atoms with Gasteiger partial charge in [-0.2, -0.15) is 0 Å². The number of ether oxygens (including phenoxy) is 3. The Kier molecular flexibility index (Phi) is 6.63. The van der Waals surface area contributed by atoms with Gasteiger partial charge in [-0.1, -0.05) is 30.3 Å². The summed E-state index contributed by atoms with van der Waals surface area (Å²) in [6.45, 7) is 5.07. The highest BCUT2D eigenvalue weighted by Crippen LogP contribution is 2.40. The van der Waals surface area contributed by atoms with Crippen molar-refractivity contribution >= 4 is 34.8 Å². The molecule has 8 nitrogen and oxygen atoms in total. The summed E-state index contributed by atoms with van der Waals surface area (Å²) in [5.41, 5.74) is 2.87. The molecule has 0 bridgehead atoms. The standard InChI is InChI=1S/C25H26N2O6/c1-3-31-23(29)10-17-14-27(13-16-8-6-5-7-9-16)21-12-20-18(11-22(21)33-17)19(15-28)24(26-20)25(30)32-4-2/h5-9,11-12,15,17,26H,3-4,10,13-14H2,1-2H3. The second-order valence-electron chi connectivity index (χ2n) is 7.73. The quantitative estimate of drug-likeness (QED) is 0.411. The number of hydrogen-bond acceptors (Lipinski definition) is 7. The summed E-state index contributed by atoms with van der Waals surface area (Å²) in [5, 5.41) is 0.559. The van der Waals surface area contributed by atoms with Gasteiger partial charge in [-0.15, -0.1) is 0 Å². The third-order valence-corrected chi connectivity index (χ3v) is 5.49. The Morgan fingerprint density at radius 3 is 2.61 bits per heavy atom. The average molecular weight is 450 g/mol. The maximum absolute atomic E-state index is 12.4. The van der Waals surface area contributed by atoms with E-state index in [0.717, 1.165) is 11.3 Å². The van der Waals surface area contributed by atoms with Gasteiger partial charge in [-0.3, -0.25) is 9.59 Å². The SMILES string of the molecule is CCOC(=O)CC1CN(Cc2ccccc2)c2cc3[nH]c(C(=O)OCC)c(C=O)c3cc2O1. The maximum atomic E-state index is 12.4. The molecule has 1 N–H and O–H groups in total. The Hall–Kier alpha value is -3.81. The van der Waals surface area contributed by atoms with Gasteiger partial charge in [-0.05, 0) is 31.5 Å². The van der Waals surface area contributed by atoms with Crippen molar-refractivity contribution in [1.82, 2.24) is 4.98 Å². The number of benzene rings is 2. The first-order valence-corrected chi connectivity index (χ1v) is 11.0. The maximum Gasteiger partial charge on any atom is 0.355 e. The minimum Gasteiger partial charge on any atom is -0.486 e. The van der Waals surface area contributed by atoms with E-state index < -0.39 is 12.1 Å². The molecule has 4 rings (SSSR count). The molecular weight excluding hydrogens is 424 g/mol. The van der Waals surface area contributed by atoms with E-state index in [4.69, 9.17) is 14.2 Å². The summed E-state index contributed by atoms with van der Waals surface area (Å²) in [6.07, 6.45) is 0.331. The first-order chi connectivity index (χ1) is 16.0. The molecule has 0 fully saturated rings. The summed E-state index contributed by atoms with van der Waals surface area (Å²) in [7, 11) is 0. The number of aromatic nitrogens is 1. The minimum absolute atomic E-state index is 0.109. The first-order valence-electron chi connectivity index (χ1n) is 11.0. The molecule has 0 saturated carbocycles. The van der Waals surface area contributed by atoms with E-state index in [-0.39, 0.29) is 30.3 Å². The van der Waals surface area contributed by atoms with Gasteiger partial charge in [0.2, 0.25) is 0 Å². The van der Waals surface area contributed by atoms with Gasteiger partial charge in [0.15, 0.2) is 6.29 Å². The molecule has 8 heteroatoms. The van der Waals surface area contributed by atoms with Crippen LogP contribution in [0, 0.1) is 0 Å². The molecule has 33 heavy (non-hydrogen) atoms. The Labute approximate surface area is 191 Å². The number of anilines is 1. The zero-order chi connectivity index (χ0) is 23.4. The van der Waals surface area contributed by atoms with Gasteiger partial charge >= 0.3 is 11.9 Å². The summed E-state index contributed by atoms with van der Waals surface area (Å²) in [6, 6.07) is 13.6. The van der Waals surface area contributed by atoms with Crippen LogP contribution in [0.5, 0.6) is 5.75 Å². The molecule has 2 heterocycles. The van der Waals surface area contributed by atoms with Crippen molar-refractivity contribution < 1.29 is 28.6 Å². The van der Waals surface area contributed by atoms with E-state index in [9.17, 15) is 14.4 Å². The Morgan fingerprint density at radius 1 is 1.15 bits per heavy atom. The van der Waals surface area contributed by atoms with Crippen LogP contribution in [-0.2, 0) is 20.8 Å². The van der Waals surface area contributed by atoms with E-state index in [2.05, 4.69) is 9.88 Å². The number of nitrogens with one attached hydrogen (secondary N) is 1. The number of esters is 2. The van der Waals surface area contributed by atoms with Gasteiger partial charge in [0.25, 0.3) is 0 Å². The molecule has 1 unspecified atom stereocenters. The van der Waals surface area contributed by atoms with Crippen LogP contribution in [0.25, 0.3) is 10.9 Å². The highest BCUT2D eigenvalue weighted by Gasteiger charge is 2.30. The van der Waals surface area contributed by atoms with Gasteiger partial charge in [-0.25, -0.2) is 4.79 Å². The molecule has 2 aromatic carbocycles. The second kappa shape index (κ2) is 9.77. The Morgan fingerprint density at radius 2 is 1.91 bits per heavy atom. The lowest BCUT2D eigenvalue weighted by Crippen LogP contribution is -2.41.